The summed E-state index contributed by atoms with van der Waals surface area (Å²) in [5.41, 5.74) is 0.297. The summed E-state index contributed by atoms with van der Waals surface area (Å²) >= 11 is 0. The number of nitrogens with one attached hydrogen (secondary N) is 2. The lowest BCUT2D eigenvalue weighted by molar-refractivity contribution is -0.138. The number of benzene rings is 2. The molecule has 3 rings (SSSR count). The highest BCUT2D eigenvalue weighted by Gasteiger charge is 2.37. The van der Waals surface area contributed by atoms with Gasteiger partial charge in [0, 0.05) is 11.8 Å². The molecule has 2 aromatic rings. The van der Waals surface area contributed by atoms with Crippen molar-refractivity contribution in [1.82, 2.24) is 5.32 Å². The molecule has 1 heterocycles. The van der Waals surface area contributed by atoms with Gasteiger partial charge in [-0.25, -0.2) is 0 Å². The largest absolute Gasteiger partial charge is 0.486 e. The number of carbonyl (C=O) groups is 2. The highest BCUT2D eigenvalue weighted by Crippen LogP contribution is 2.33. The summed E-state index contributed by atoms with van der Waals surface area (Å²) in [5.74, 6) is 0.498. The molecule has 1 aliphatic rings. The Balaban J connectivity index is 1.66. The molecule has 1 aliphatic heterocycles. The van der Waals surface area contributed by atoms with Crippen molar-refractivity contribution in [2.24, 2.45) is 5.41 Å². The van der Waals surface area contributed by atoms with Crippen molar-refractivity contribution in [2.75, 3.05) is 18.5 Å². The zero-order chi connectivity index (χ0) is 19.4. The summed E-state index contributed by atoms with van der Waals surface area (Å²) in [4.78, 5) is 25.4. The SMILES string of the molecule is CC(NC(=O)C(C)(C)C(=O)Nc1ccc2c(c1)OCCO2)c1ccccc1. The molecule has 0 spiro atoms. The molecular weight excluding hydrogens is 344 g/mol. The maximum absolute atomic E-state index is 12.7. The molecule has 1 unspecified atom stereocenters. The molecule has 0 aliphatic carbocycles. The van der Waals surface area contributed by atoms with Crippen molar-refractivity contribution in [2.45, 2.75) is 26.8 Å². The highest BCUT2D eigenvalue weighted by atomic mass is 16.6. The van der Waals surface area contributed by atoms with Gasteiger partial charge in [-0.05, 0) is 38.5 Å². The van der Waals surface area contributed by atoms with Crippen LogP contribution < -0.4 is 20.1 Å². The number of amides is 2. The monoisotopic (exact) mass is 368 g/mol. The molecule has 6 heteroatoms. The molecule has 0 saturated carbocycles. The second-order valence-electron chi connectivity index (χ2n) is 7.04. The molecular formula is C21H24N2O4. The van der Waals surface area contributed by atoms with Crippen LogP contribution in [0.25, 0.3) is 0 Å². The van der Waals surface area contributed by atoms with Crippen LogP contribution in [0.1, 0.15) is 32.4 Å². The molecule has 0 radical (unpaired) electrons. The maximum Gasteiger partial charge on any atom is 0.239 e. The van der Waals surface area contributed by atoms with Gasteiger partial charge in [0.1, 0.15) is 18.6 Å². The van der Waals surface area contributed by atoms with Gasteiger partial charge in [0.15, 0.2) is 11.5 Å². The number of hydrogen-bond acceptors (Lipinski definition) is 4. The van der Waals surface area contributed by atoms with Gasteiger partial charge in [0.25, 0.3) is 0 Å². The zero-order valence-electron chi connectivity index (χ0n) is 15.7. The maximum atomic E-state index is 12.7. The fraction of sp³-hybridized carbons (Fsp3) is 0.333. The van der Waals surface area contributed by atoms with E-state index in [0.717, 1.165) is 5.56 Å². The lowest BCUT2D eigenvalue weighted by atomic mass is 9.90. The first-order valence-corrected chi connectivity index (χ1v) is 8.95. The highest BCUT2D eigenvalue weighted by molar-refractivity contribution is 6.10. The Hall–Kier alpha value is -3.02. The van der Waals surface area contributed by atoms with E-state index in [1.54, 1.807) is 32.0 Å². The summed E-state index contributed by atoms with van der Waals surface area (Å²) in [6.07, 6.45) is 0. The van der Waals surface area contributed by atoms with Crippen molar-refractivity contribution in [3.05, 3.63) is 54.1 Å². The van der Waals surface area contributed by atoms with Crippen LogP contribution in [-0.4, -0.2) is 25.0 Å². The smallest absolute Gasteiger partial charge is 0.239 e. The predicted octanol–water partition coefficient (Wildman–Crippen LogP) is 3.30. The van der Waals surface area contributed by atoms with Gasteiger partial charge in [0.2, 0.25) is 11.8 Å². The fourth-order valence-corrected chi connectivity index (χ4v) is 2.71. The topological polar surface area (TPSA) is 76.7 Å². The molecule has 27 heavy (non-hydrogen) atoms. The van der Waals surface area contributed by atoms with Crippen LogP contribution >= 0.6 is 0 Å². The molecule has 1 atom stereocenters. The summed E-state index contributed by atoms with van der Waals surface area (Å²) in [7, 11) is 0. The van der Waals surface area contributed by atoms with Crippen molar-refractivity contribution in [3.8, 4) is 11.5 Å². The van der Waals surface area contributed by atoms with Crippen molar-refractivity contribution in [1.29, 1.82) is 0 Å². The van der Waals surface area contributed by atoms with Crippen LogP contribution in [-0.2, 0) is 9.59 Å². The average Bonchev–Trinajstić information content (AvgIpc) is 2.68. The molecule has 0 saturated heterocycles. The van der Waals surface area contributed by atoms with Gasteiger partial charge in [-0.15, -0.1) is 0 Å². The van der Waals surface area contributed by atoms with E-state index in [0.29, 0.717) is 30.4 Å². The number of ether oxygens (including phenoxy) is 2. The van der Waals surface area contributed by atoms with Crippen molar-refractivity contribution in [3.63, 3.8) is 0 Å². The molecule has 2 aromatic carbocycles. The number of anilines is 1. The summed E-state index contributed by atoms with van der Waals surface area (Å²) < 4.78 is 11.0. The molecule has 142 valence electrons. The quantitative estimate of drug-likeness (QED) is 0.794. The molecule has 0 fully saturated rings. The third-order valence-corrected chi connectivity index (χ3v) is 4.58. The number of carbonyl (C=O) groups excluding carboxylic acids is 2. The van der Waals surface area contributed by atoms with Crippen LogP contribution in [0.15, 0.2) is 48.5 Å². The van der Waals surface area contributed by atoms with E-state index < -0.39 is 11.3 Å². The van der Waals surface area contributed by atoms with E-state index in [2.05, 4.69) is 10.6 Å². The predicted molar refractivity (Wildman–Crippen MR) is 103 cm³/mol. The first-order chi connectivity index (χ1) is 12.9. The van der Waals surface area contributed by atoms with Crippen molar-refractivity contribution >= 4 is 17.5 Å². The van der Waals surface area contributed by atoms with E-state index in [-0.39, 0.29) is 11.9 Å². The van der Waals surface area contributed by atoms with Gasteiger partial charge in [0.05, 0.1) is 6.04 Å². The van der Waals surface area contributed by atoms with E-state index >= 15 is 0 Å². The Morgan fingerprint density at radius 1 is 0.963 bits per heavy atom. The summed E-state index contributed by atoms with van der Waals surface area (Å²) in [6.45, 7) is 6.07. The molecule has 2 amide bonds. The molecule has 2 N–H and O–H groups in total. The molecule has 0 aromatic heterocycles. The summed E-state index contributed by atoms with van der Waals surface area (Å²) in [6, 6.07) is 14.6. The second kappa shape index (κ2) is 7.70. The Morgan fingerprint density at radius 3 is 2.33 bits per heavy atom. The number of hydrogen-bond donors (Lipinski definition) is 2. The third-order valence-electron chi connectivity index (χ3n) is 4.58. The molecule has 6 nitrogen and oxygen atoms in total. The lowest BCUT2D eigenvalue weighted by Gasteiger charge is -2.26. The Labute approximate surface area is 158 Å². The van der Waals surface area contributed by atoms with Crippen molar-refractivity contribution < 1.29 is 19.1 Å². The van der Waals surface area contributed by atoms with Gasteiger partial charge in [-0.2, -0.15) is 0 Å². The Kier molecular flexibility index (Phi) is 5.35. The summed E-state index contributed by atoms with van der Waals surface area (Å²) in [5, 5.41) is 5.70. The van der Waals surface area contributed by atoms with E-state index in [9.17, 15) is 9.59 Å². The van der Waals surface area contributed by atoms with Gasteiger partial charge >= 0.3 is 0 Å². The van der Waals surface area contributed by atoms with E-state index in [1.165, 1.54) is 0 Å². The third kappa shape index (κ3) is 4.22. The number of fused-ring (bicyclic) bond motifs is 1. The molecule has 0 bridgehead atoms. The minimum Gasteiger partial charge on any atom is -0.486 e. The number of rotatable bonds is 5. The normalized spacial score (nSPS) is 14.2. The van der Waals surface area contributed by atoms with Crippen LogP contribution in [0.3, 0.4) is 0 Å². The first-order valence-electron chi connectivity index (χ1n) is 8.95. The minimum absolute atomic E-state index is 0.194. The average molecular weight is 368 g/mol. The standard InChI is InChI=1S/C21H24N2O4/c1-14(15-7-5-4-6-8-15)22-19(24)21(2,3)20(25)23-16-9-10-17-18(13-16)27-12-11-26-17/h4-10,13-14H,11-12H2,1-3H3,(H,22,24)(H,23,25). The second-order valence-corrected chi connectivity index (χ2v) is 7.04. The van der Waals surface area contributed by atoms with Crippen LogP contribution in [0.5, 0.6) is 11.5 Å². The van der Waals surface area contributed by atoms with Gasteiger partial charge < -0.3 is 20.1 Å². The van der Waals surface area contributed by atoms with Crippen LogP contribution in [0.2, 0.25) is 0 Å². The Morgan fingerprint density at radius 2 is 1.63 bits per heavy atom. The van der Waals surface area contributed by atoms with Gasteiger partial charge in [-0.1, -0.05) is 30.3 Å². The van der Waals surface area contributed by atoms with E-state index in [4.69, 9.17) is 9.47 Å². The fourth-order valence-electron chi connectivity index (χ4n) is 2.71. The lowest BCUT2D eigenvalue weighted by Crippen LogP contribution is -2.45. The van der Waals surface area contributed by atoms with E-state index in [1.807, 2.05) is 37.3 Å². The minimum atomic E-state index is -1.24. The van der Waals surface area contributed by atoms with Crippen LogP contribution in [0, 0.1) is 5.41 Å². The van der Waals surface area contributed by atoms with Crippen LogP contribution in [0.4, 0.5) is 5.69 Å². The zero-order valence-corrected chi connectivity index (χ0v) is 15.7. The Bertz CT molecular complexity index is 833. The van der Waals surface area contributed by atoms with Gasteiger partial charge in [-0.3, -0.25) is 9.59 Å². The first kappa shape index (κ1) is 18.8.